The topological polar surface area (TPSA) is 95.9 Å². The molecule has 1 atom stereocenters. The highest BCUT2D eigenvalue weighted by molar-refractivity contribution is 7.89. The third-order valence-electron chi connectivity index (χ3n) is 2.92. The predicted octanol–water partition coefficient (Wildman–Crippen LogP) is 0.334. The molecular weight excluding hydrogens is 282 g/mol. The van der Waals surface area contributed by atoms with Gasteiger partial charge < -0.3 is 14.9 Å². The van der Waals surface area contributed by atoms with Crippen LogP contribution in [0.2, 0.25) is 0 Å². The number of hydrogen-bond acceptors (Lipinski definition) is 5. The summed E-state index contributed by atoms with van der Waals surface area (Å²) >= 11 is 0. The molecule has 0 bridgehead atoms. The molecule has 1 aromatic carbocycles. The summed E-state index contributed by atoms with van der Waals surface area (Å²) in [4.78, 5) is 0.159. The summed E-state index contributed by atoms with van der Waals surface area (Å²) in [5, 5.41) is 18.6. The first-order valence-corrected chi connectivity index (χ1v) is 7.59. The van der Waals surface area contributed by atoms with Gasteiger partial charge in [0.1, 0.15) is 5.75 Å². The molecule has 114 valence electrons. The van der Waals surface area contributed by atoms with E-state index in [4.69, 9.17) is 9.84 Å². The van der Waals surface area contributed by atoms with Gasteiger partial charge >= 0.3 is 0 Å². The number of benzene rings is 1. The van der Waals surface area contributed by atoms with Crippen molar-refractivity contribution in [3.63, 3.8) is 0 Å². The standard InChI is InChI=1S/C13H21NO5S/c1-9-5-11(19-4)6-10(2)12(9)20(17,18)14-7-13(3,16)8-15/h5-6,14-16H,7-8H2,1-4H3. The van der Waals surface area contributed by atoms with Gasteiger partial charge in [-0.25, -0.2) is 13.1 Å². The Labute approximate surface area is 119 Å². The largest absolute Gasteiger partial charge is 0.497 e. The molecule has 1 rings (SSSR count). The number of methoxy groups -OCH3 is 1. The number of sulfonamides is 1. The van der Waals surface area contributed by atoms with Gasteiger partial charge in [0, 0.05) is 6.54 Å². The lowest BCUT2D eigenvalue weighted by molar-refractivity contribution is 0.00681. The Morgan fingerprint density at radius 3 is 2.20 bits per heavy atom. The van der Waals surface area contributed by atoms with E-state index >= 15 is 0 Å². The van der Waals surface area contributed by atoms with Gasteiger partial charge in [-0.15, -0.1) is 0 Å². The Morgan fingerprint density at radius 1 is 1.30 bits per heavy atom. The van der Waals surface area contributed by atoms with Gasteiger partial charge in [0.2, 0.25) is 10.0 Å². The fraction of sp³-hybridized carbons (Fsp3) is 0.538. The second kappa shape index (κ2) is 6.09. The quantitative estimate of drug-likeness (QED) is 0.704. The van der Waals surface area contributed by atoms with Crippen LogP contribution in [0.15, 0.2) is 17.0 Å². The smallest absolute Gasteiger partial charge is 0.241 e. The monoisotopic (exact) mass is 303 g/mol. The van der Waals surface area contributed by atoms with Crippen LogP contribution in [0.25, 0.3) is 0 Å². The normalized spacial score (nSPS) is 14.9. The molecule has 0 heterocycles. The number of rotatable bonds is 6. The Morgan fingerprint density at radius 2 is 1.80 bits per heavy atom. The van der Waals surface area contributed by atoms with Crippen molar-refractivity contribution in [1.82, 2.24) is 4.72 Å². The van der Waals surface area contributed by atoms with Gasteiger partial charge in [0.25, 0.3) is 0 Å². The number of aliphatic hydroxyl groups is 2. The average molecular weight is 303 g/mol. The van der Waals surface area contributed by atoms with Crippen LogP contribution in [-0.2, 0) is 10.0 Å². The van der Waals surface area contributed by atoms with E-state index < -0.39 is 22.2 Å². The number of ether oxygens (including phenoxy) is 1. The van der Waals surface area contributed by atoms with E-state index in [-0.39, 0.29) is 11.4 Å². The van der Waals surface area contributed by atoms with Gasteiger partial charge in [-0.1, -0.05) is 0 Å². The number of aliphatic hydroxyl groups excluding tert-OH is 1. The number of hydrogen-bond donors (Lipinski definition) is 3. The van der Waals surface area contributed by atoms with Crippen molar-refractivity contribution < 1.29 is 23.4 Å². The molecule has 0 amide bonds. The van der Waals surface area contributed by atoms with Crippen molar-refractivity contribution >= 4 is 10.0 Å². The van der Waals surface area contributed by atoms with Crippen molar-refractivity contribution in [3.05, 3.63) is 23.3 Å². The van der Waals surface area contributed by atoms with Crippen LogP contribution in [-0.4, -0.2) is 44.5 Å². The molecule has 0 radical (unpaired) electrons. The van der Waals surface area contributed by atoms with Crippen molar-refractivity contribution in [2.75, 3.05) is 20.3 Å². The summed E-state index contributed by atoms with van der Waals surface area (Å²) < 4.78 is 32.0. The third kappa shape index (κ3) is 3.92. The lowest BCUT2D eigenvalue weighted by Gasteiger charge is -2.21. The summed E-state index contributed by atoms with van der Waals surface area (Å²) in [6, 6.07) is 3.26. The van der Waals surface area contributed by atoms with Crippen molar-refractivity contribution in [1.29, 1.82) is 0 Å². The van der Waals surface area contributed by atoms with Crippen molar-refractivity contribution in [3.8, 4) is 5.75 Å². The first-order chi connectivity index (χ1) is 9.13. The molecule has 0 aliphatic heterocycles. The molecule has 0 aliphatic rings. The van der Waals surface area contributed by atoms with Gasteiger partial charge in [0.05, 0.1) is 24.2 Å². The van der Waals surface area contributed by atoms with Crippen LogP contribution < -0.4 is 9.46 Å². The molecular formula is C13H21NO5S. The van der Waals surface area contributed by atoms with Crippen molar-refractivity contribution in [2.45, 2.75) is 31.3 Å². The average Bonchev–Trinajstić information content (AvgIpc) is 2.35. The van der Waals surface area contributed by atoms with E-state index in [1.807, 2.05) is 0 Å². The SMILES string of the molecule is COc1cc(C)c(S(=O)(=O)NCC(C)(O)CO)c(C)c1. The molecule has 0 saturated heterocycles. The first-order valence-electron chi connectivity index (χ1n) is 6.11. The van der Waals surface area contributed by atoms with Gasteiger partial charge in [-0.05, 0) is 44.0 Å². The molecule has 20 heavy (non-hydrogen) atoms. The Balaban J connectivity index is 3.11. The number of aryl methyl sites for hydroxylation is 2. The molecule has 7 heteroatoms. The van der Waals surface area contributed by atoms with Crippen LogP contribution in [0, 0.1) is 13.8 Å². The molecule has 0 aliphatic carbocycles. The second-order valence-corrected chi connectivity index (χ2v) is 6.77. The molecule has 1 unspecified atom stereocenters. The molecule has 1 aromatic rings. The molecule has 0 fully saturated rings. The van der Waals surface area contributed by atoms with E-state index in [2.05, 4.69) is 4.72 Å². The van der Waals surface area contributed by atoms with Crippen LogP contribution in [0.4, 0.5) is 0 Å². The van der Waals surface area contributed by atoms with Crippen LogP contribution in [0.3, 0.4) is 0 Å². The molecule has 0 aromatic heterocycles. The lowest BCUT2D eigenvalue weighted by atomic mass is 10.1. The fourth-order valence-electron chi connectivity index (χ4n) is 1.83. The number of nitrogens with one attached hydrogen (secondary N) is 1. The highest BCUT2D eigenvalue weighted by atomic mass is 32.2. The van der Waals surface area contributed by atoms with E-state index in [0.717, 1.165) is 0 Å². The molecule has 0 saturated carbocycles. The van der Waals surface area contributed by atoms with Gasteiger partial charge in [-0.2, -0.15) is 0 Å². The minimum Gasteiger partial charge on any atom is -0.497 e. The molecule has 0 spiro atoms. The highest BCUT2D eigenvalue weighted by Crippen LogP contribution is 2.25. The van der Waals surface area contributed by atoms with Crippen LogP contribution >= 0.6 is 0 Å². The Hall–Kier alpha value is -1.15. The zero-order valence-electron chi connectivity index (χ0n) is 12.1. The van der Waals surface area contributed by atoms with Gasteiger partial charge in [-0.3, -0.25) is 0 Å². The van der Waals surface area contributed by atoms with Crippen LogP contribution in [0.1, 0.15) is 18.1 Å². The summed E-state index contributed by atoms with van der Waals surface area (Å²) in [6.07, 6.45) is 0. The summed E-state index contributed by atoms with van der Waals surface area (Å²) in [6.45, 7) is 3.90. The summed E-state index contributed by atoms with van der Waals surface area (Å²) in [5.41, 5.74) is -0.391. The highest BCUT2D eigenvalue weighted by Gasteiger charge is 2.25. The minimum absolute atomic E-state index is 0.159. The first kappa shape index (κ1) is 16.9. The lowest BCUT2D eigenvalue weighted by Crippen LogP contribution is -2.43. The summed E-state index contributed by atoms with van der Waals surface area (Å²) in [5.74, 6) is 0.585. The van der Waals surface area contributed by atoms with Crippen molar-refractivity contribution in [2.24, 2.45) is 0 Å². The van der Waals surface area contributed by atoms with E-state index in [9.17, 15) is 13.5 Å². The molecule has 3 N–H and O–H groups in total. The maximum atomic E-state index is 12.3. The fourth-order valence-corrected chi connectivity index (χ4v) is 3.44. The minimum atomic E-state index is -3.77. The maximum absolute atomic E-state index is 12.3. The van der Waals surface area contributed by atoms with E-state index in [1.165, 1.54) is 14.0 Å². The maximum Gasteiger partial charge on any atom is 0.241 e. The van der Waals surface area contributed by atoms with Crippen LogP contribution in [0.5, 0.6) is 5.75 Å². The third-order valence-corrected chi connectivity index (χ3v) is 4.63. The van der Waals surface area contributed by atoms with E-state index in [0.29, 0.717) is 16.9 Å². The predicted molar refractivity (Wildman–Crippen MR) is 75.4 cm³/mol. The Bertz CT molecular complexity index is 557. The zero-order chi connectivity index (χ0) is 15.6. The molecule has 6 nitrogen and oxygen atoms in total. The zero-order valence-corrected chi connectivity index (χ0v) is 12.9. The Kier molecular flexibility index (Phi) is 5.15. The van der Waals surface area contributed by atoms with Gasteiger partial charge in [0.15, 0.2) is 0 Å². The van der Waals surface area contributed by atoms with E-state index in [1.54, 1.807) is 26.0 Å². The summed E-state index contributed by atoms with van der Waals surface area (Å²) in [7, 11) is -2.25. The second-order valence-electron chi connectivity index (χ2n) is 5.07.